The van der Waals surface area contributed by atoms with Crippen LogP contribution in [-0.2, 0) is 0 Å². The topological polar surface area (TPSA) is 0 Å². The number of hydrogen-bond acceptors (Lipinski definition) is 0. The van der Waals surface area contributed by atoms with Crippen LogP contribution in [0.2, 0.25) is 0 Å². The van der Waals surface area contributed by atoms with Crippen molar-refractivity contribution in [3.63, 3.8) is 0 Å². The molecular formula is C20H32. The molecule has 112 valence electrons. The average Bonchev–Trinajstić information content (AvgIpc) is 2.37. The highest BCUT2D eigenvalue weighted by Gasteiger charge is 2.61. The van der Waals surface area contributed by atoms with Gasteiger partial charge in [-0.15, -0.1) is 0 Å². The van der Waals surface area contributed by atoms with Gasteiger partial charge in [-0.05, 0) is 85.9 Å². The molecular weight excluding hydrogens is 240 g/mol. The van der Waals surface area contributed by atoms with Crippen molar-refractivity contribution in [3.05, 3.63) is 11.6 Å². The van der Waals surface area contributed by atoms with Crippen molar-refractivity contribution < 1.29 is 0 Å². The fourth-order valence-corrected chi connectivity index (χ4v) is 7.43. The first-order valence-electron chi connectivity index (χ1n) is 9.07. The second kappa shape index (κ2) is 3.93. The molecule has 0 aliphatic heterocycles. The van der Waals surface area contributed by atoms with E-state index < -0.39 is 0 Å². The SMILES string of the molecule is CC1=C[C@@]23CC[C@H]1C[C@H]2[C@]1(C)CCCC(C)(C)[C@H]1CC3. The lowest BCUT2D eigenvalue weighted by Crippen LogP contribution is -2.58. The Bertz CT molecular complexity index is 457. The van der Waals surface area contributed by atoms with Gasteiger partial charge in [-0.3, -0.25) is 0 Å². The van der Waals surface area contributed by atoms with Gasteiger partial charge in [0, 0.05) is 0 Å². The van der Waals surface area contributed by atoms with Crippen molar-refractivity contribution in [1.29, 1.82) is 0 Å². The molecule has 0 saturated heterocycles. The maximum absolute atomic E-state index is 2.76. The van der Waals surface area contributed by atoms with Crippen LogP contribution in [0.3, 0.4) is 0 Å². The zero-order valence-electron chi connectivity index (χ0n) is 14.0. The van der Waals surface area contributed by atoms with E-state index in [-0.39, 0.29) is 0 Å². The van der Waals surface area contributed by atoms with Crippen LogP contribution in [0, 0.1) is 34.0 Å². The van der Waals surface area contributed by atoms with E-state index in [2.05, 4.69) is 33.8 Å². The summed E-state index contributed by atoms with van der Waals surface area (Å²) in [5, 5.41) is 0. The summed E-state index contributed by atoms with van der Waals surface area (Å²) in [4.78, 5) is 0. The largest absolute Gasteiger partial charge is 0.0788 e. The van der Waals surface area contributed by atoms with E-state index in [1.807, 2.05) is 0 Å². The summed E-state index contributed by atoms with van der Waals surface area (Å²) >= 11 is 0. The number of allylic oxidation sites excluding steroid dienone is 2. The molecule has 0 radical (unpaired) electrons. The Hall–Kier alpha value is -0.260. The van der Waals surface area contributed by atoms with E-state index in [4.69, 9.17) is 0 Å². The smallest absolute Gasteiger partial charge is 0.00815 e. The molecule has 5 rings (SSSR count). The minimum absolute atomic E-state index is 0.587. The third-order valence-corrected chi connectivity index (χ3v) is 8.30. The fraction of sp³-hybridized carbons (Fsp3) is 0.900. The first kappa shape index (κ1) is 13.4. The van der Waals surface area contributed by atoms with Gasteiger partial charge in [0.1, 0.15) is 0 Å². The highest BCUT2D eigenvalue weighted by Crippen LogP contribution is 2.70. The number of hydrogen-bond donors (Lipinski definition) is 0. The lowest BCUT2D eigenvalue weighted by molar-refractivity contribution is -0.144. The van der Waals surface area contributed by atoms with Crippen LogP contribution in [-0.4, -0.2) is 0 Å². The zero-order valence-corrected chi connectivity index (χ0v) is 14.0. The first-order chi connectivity index (χ1) is 9.37. The summed E-state index contributed by atoms with van der Waals surface area (Å²) in [5.41, 5.74) is 3.57. The molecule has 3 fully saturated rings. The van der Waals surface area contributed by atoms with E-state index >= 15 is 0 Å². The van der Waals surface area contributed by atoms with Crippen molar-refractivity contribution in [3.8, 4) is 0 Å². The Labute approximate surface area is 125 Å². The molecule has 20 heavy (non-hydrogen) atoms. The summed E-state index contributed by atoms with van der Waals surface area (Å²) in [5.74, 6) is 2.91. The third kappa shape index (κ3) is 1.54. The molecule has 0 heteroatoms. The summed E-state index contributed by atoms with van der Waals surface area (Å²) in [7, 11) is 0. The molecule has 0 nitrogen and oxygen atoms in total. The Morgan fingerprint density at radius 1 is 0.950 bits per heavy atom. The predicted molar refractivity (Wildman–Crippen MR) is 85.5 cm³/mol. The van der Waals surface area contributed by atoms with E-state index in [1.54, 1.807) is 5.57 Å². The maximum Gasteiger partial charge on any atom is -0.00815 e. The van der Waals surface area contributed by atoms with Crippen LogP contribution in [0.1, 0.15) is 79.1 Å². The third-order valence-electron chi connectivity index (χ3n) is 8.30. The van der Waals surface area contributed by atoms with Crippen LogP contribution in [0.15, 0.2) is 11.6 Å². The van der Waals surface area contributed by atoms with Gasteiger partial charge in [0.15, 0.2) is 0 Å². The summed E-state index contributed by atoms with van der Waals surface area (Å²) < 4.78 is 0. The van der Waals surface area contributed by atoms with Gasteiger partial charge in [0.2, 0.25) is 0 Å². The van der Waals surface area contributed by atoms with Crippen LogP contribution in [0.25, 0.3) is 0 Å². The monoisotopic (exact) mass is 272 g/mol. The normalized spacial score (nSPS) is 53.0. The lowest BCUT2D eigenvalue weighted by Gasteiger charge is -2.66. The summed E-state index contributed by atoms with van der Waals surface area (Å²) in [6.07, 6.45) is 14.7. The lowest BCUT2D eigenvalue weighted by atomic mass is 9.38. The quantitative estimate of drug-likeness (QED) is 0.476. The van der Waals surface area contributed by atoms with Gasteiger partial charge < -0.3 is 0 Å². The molecule has 5 aliphatic rings. The minimum atomic E-state index is 0.587. The zero-order chi connectivity index (χ0) is 14.2. The Morgan fingerprint density at radius 2 is 1.70 bits per heavy atom. The molecule has 0 heterocycles. The molecule has 0 aromatic heterocycles. The highest BCUT2D eigenvalue weighted by atomic mass is 14.7. The van der Waals surface area contributed by atoms with E-state index in [0.29, 0.717) is 16.2 Å². The first-order valence-corrected chi connectivity index (χ1v) is 9.07. The summed E-state index contributed by atoms with van der Waals surface area (Å²) in [6, 6.07) is 0. The van der Waals surface area contributed by atoms with Crippen LogP contribution in [0.4, 0.5) is 0 Å². The second-order valence-corrected chi connectivity index (χ2v) is 9.58. The van der Waals surface area contributed by atoms with Crippen molar-refractivity contribution >= 4 is 0 Å². The average molecular weight is 272 g/mol. The molecule has 0 amide bonds. The van der Waals surface area contributed by atoms with Crippen molar-refractivity contribution in [1.82, 2.24) is 0 Å². The van der Waals surface area contributed by atoms with E-state index in [0.717, 1.165) is 17.8 Å². The van der Waals surface area contributed by atoms with Gasteiger partial charge in [-0.2, -0.15) is 0 Å². The van der Waals surface area contributed by atoms with Gasteiger partial charge >= 0.3 is 0 Å². The van der Waals surface area contributed by atoms with Crippen LogP contribution in [0.5, 0.6) is 0 Å². The summed E-state index contributed by atoms with van der Waals surface area (Å²) in [6.45, 7) is 10.2. The molecule has 5 atom stereocenters. The second-order valence-electron chi connectivity index (χ2n) is 9.58. The molecule has 3 saturated carbocycles. The maximum atomic E-state index is 2.76. The Kier molecular flexibility index (Phi) is 2.63. The standard InChI is InChI=1S/C20H32/c1-14-13-20-10-6-15(14)12-17(20)19(4)9-5-8-18(2,3)16(19)7-11-20/h13,15-17H,5-12H2,1-4H3/t15-,16+,17-,19+,20-/m0/s1. The van der Waals surface area contributed by atoms with Gasteiger partial charge in [0.05, 0.1) is 0 Å². The Balaban J connectivity index is 1.77. The van der Waals surface area contributed by atoms with Crippen LogP contribution >= 0.6 is 0 Å². The predicted octanol–water partition coefficient (Wildman–Crippen LogP) is 5.98. The number of fused-ring (bicyclic) bond motifs is 2. The molecule has 0 unspecified atom stereocenters. The molecule has 0 N–H and O–H groups in total. The molecule has 0 aromatic carbocycles. The molecule has 5 aliphatic carbocycles. The van der Waals surface area contributed by atoms with Crippen LogP contribution < -0.4 is 0 Å². The molecule has 1 spiro atoms. The minimum Gasteiger partial charge on any atom is -0.0788 e. The highest BCUT2D eigenvalue weighted by molar-refractivity contribution is 5.25. The molecule has 2 bridgehead atoms. The van der Waals surface area contributed by atoms with E-state index in [1.165, 1.54) is 51.4 Å². The molecule has 0 aromatic rings. The van der Waals surface area contributed by atoms with Crippen molar-refractivity contribution in [2.24, 2.45) is 34.0 Å². The van der Waals surface area contributed by atoms with Crippen molar-refractivity contribution in [2.75, 3.05) is 0 Å². The van der Waals surface area contributed by atoms with Crippen molar-refractivity contribution in [2.45, 2.75) is 79.1 Å². The van der Waals surface area contributed by atoms with Gasteiger partial charge in [0.25, 0.3) is 0 Å². The Morgan fingerprint density at radius 3 is 2.45 bits per heavy atom. The number of rotatable bonds is 0. The van der Waals surface area contributed by atoms with Gasteiger partial charge in [-0.1, -0.05) is 38.8 Å². The van der Waals surface area contributed by atoms with Gasteiger partial charge in [-0.25, -0.2) is 0 Å². The van der Waals surface area contributed by atoms with E-state index in [9.17, 15) is 0 Å². The fourth-order valence-electron chi connectivity index (χ4n) is 7.43.